The van der Waals surface area contributed by atoms with Crippen LogP contribution >= 0.6 is 0 Å². The van der Waals surface area contributed by atoms with Crippen molar-refractivity contribution in [2.45, 2.75) is 44.1 Å². The third-order valence-corrected chi connectivity index (χ3v) is 4.78. The van der Waals surface area contributed by atoms with Crippen LogP contribution in [-0.2, 0) is 12.5 Å². The van der Waals surface area contributed by atoms with Crippen molar-refractivity contribution in [1.82, 2.24) is 15.1 Å². The SMILES string of the molecule is CCCNC(c1ccn(C)n1)C1(c2ccccc2)CCC1. The van der Waals surface area contributed by atoms with Gasteiger partial charge in [0.2, 0.25) is 0 Å². The second kappa shape index (κ2) is 6.02. The third-order valence-electron chi connectivity index (χ3n) is 4.78. The number of rotatable bonds is 6. The molecule has 1 unspecified atom stereocenters. The van der Waals surface area contributed by atoms with Crippen LogP contribution in [0.25, 0.3) is 0 Å². The zero-order valence-corrected chi connectivity index (χ0v) is 13.0. The zero-order valence-electron chi connectivity index (χ0n) is 13.0. The quantitative estimate of drug-likeness (QED) is 0.878. The molecule has 1 saturated carbocycles. The molecular formula is C18H25N3. The van der Waals surface area contributed by atoms with Gasteiger partial charge in [-0.2, -0.15) is 5.10 Å². The van der Waals surface area contributed by atoms with E-state index in [1.54, 1.807) is 0 Å². The molecule has 1 aliphatic rings. The molecular weight excluding hydrogens is 258 g/mol. The third kappa shape index (κ3) is 2.62. The van der Waals surface area contributed by atoms with Gasteiger partial charge in [0.15, 0.2) is 0 Å². The molecule has 1 heterocycles. The van der Waals surface area contributed by atoms with Crippen LogP contribution < -0.4 is 5.32 Å². The van der Waals surface area contributed by atoms with Crippen LogP contribution in [0, 0.1) is 0 Å². The molecule has 3 nitrogen and oxygen atoms in total. The van der Waals surface area contributed by atoms with Crippen molar-refractivity contribution in [2.75, 3.05) is 6.54 Å². The highest BCUT2D eigenvalue weighted by atomic mass is 15.3. The van der Waals surface area contributed by atoms with E-state index < -0.39 is 0 Å². The van der Waals surface area contributed by atoms with Crippen molar-refractivity contribution in [3.05, 3.63) is 53.9 Å². The minimum atomic E-state index is 0.213. The minimum absolute atomic E-state index is 0.213. The van der Waals surface area contributed by atoms with Gasteiger partial charge in [0.1, 0.15) is 0 Å². The lowest BCUT2D eigenvalue weighted by molar-refractivity contribution is 0.166. The maximum Gasteiger partial charge on any atom is 0.0802 e. The highest BCUT2D eigenvalue weighted by Crippen LogP contribution is 2.51. The molecule has 0 amide bonds. The Hall–Kier alpha value is -1.61. The summed E-state index contributed by atoms with van der Waals surface area (Å²) in [5.41, 5.74) is 2.84. The predicted octanol–water partition coefficient (Wildman–Crippen LogP) is 3.58. The van der Waals surface area contributed by atoms with Gasteiger partial charge in [-0.05, 0) is 37.4 Å². The minimum Gasteiger partial charge on any atom is -0.308 e. The molecule has 1 N–H and O–H groups in total. The van der Waals surface area contributed by atoms with E-state index in [9.17, 15) is 0 Å². The van der Waals surface area contributed by atoms with Crippen LogP contribution in [0.3, 0.4) is 0 Å². The molecule has 21 heavy (non-hydrogen) atoms. The Labute approximate surface area is 127 Å². The van der Waals surface area contributed by atoms with Crippen molar-refractivity contribution in [3.8, 4) is 0 Å². The number of benzene rings is 1. The van der Waals surface area contributed by atoms with Gasteiger partial charge in [-0.25, -0.2) is 0 Å². The van der Waals surface area contributed by atoms with E-state index in [0.717, 1.165) is 13.0 Å². The molecule has 0 spiro atoms. The Morgan fingerprint density at radius 2 is 2.00 bits per heavy atom. The lowest BCUT2D eigenvalue weighted by Gasteiger charge is -2.48. The van der Waals surface area contributed by atoms with Crippen molar-refractivity contribution < 1.29 is 0 Å². The first-order valence-electron chi connectivity index (χ1n) is 8.05. The Balaban J connectivity index is 1.97. The van der Waals surface area contributed by atoms with Crippen LogP contribution in [0.15, 0.2) is 42.6 Å². The van der Waals surface area contributed by atoms with Gasteiger partial charge in [0.25, 0.3) is 0 Å². The molecule has 1 aromatic heterocycles. The largest absolute Gasteiger partial charge is 0.308 e. The van der Waals surface area contributed by atoms with E-state index in [-0.39, 0.29) is 5.41 Å². The molecule has 0 saturated heterocycles. The molecule has 1 fully saturated rings. The average molecular weight is 283 g/mol. The fourth-order valence-corrected chi connectivity index (χ4v) is 3.53. The summed E-state index contributed by atoms with van der Waals surface area (Å²) in [6.07, 6.45) is 7.00. The van der Waals surface area contributed by atoms with Gasteiger partial charge in [-0.3, -0.25) is 4.68 Å². The lowest BCUT2D eigenvalue weighted by atomic mass is 9.59. The van der Waals surface area contributed by atoms with E-state index in [0.29, 0.717) is 6.04 Å². The molecule has 0 bridgehead atoms. The van der Waals surface area contributed by atoms with Crippen LogP contribution in [0.4, 0.5) is 0 Å². The van der Waals surface area contributed by atoms with Gasteiger partial charge in [-0.15, -0.1) is 0 Å². The van der Waals surface area contributed by atoms with E-state index >= 15 is 0 Å². The van der Waals surface area contributed by atoms with Crippen LogP contribution in [0.2, 0.25) is 0 Å². The number of nitrogens with zero attached hydrogens (tertiary/aromatic N) is 2. The number of nitrogens with one attached hydrogen (secondary N) is 1. The summed E-state index contributed by atoms with van der Waals surface area (Å²) < 4.78 is 1.91. The lowest BCUT2D eigenvalue weighted by Crippen LogP contribution is -2.47. The molecule has 3 heteroatoms. The maximum absolute atomic E-state index is 4.69. The number of hydrogen-bond donors (Lipinski definition) is 1. The Kier molecular flexibility index (Phi) is 4.11. The van der Waals surface area contributed by atoms with E-state index in [1.165, 1.54) is 30.5 Å². The van der Waals surface area contributed by atoms with Crippen LogP contribution in [0.1, 0.15) is 49.9 Å². The Morgan fingerprint density at radius 3 is 2.52 bits per heavy atom. The monoisotopic (exact) mass is 283 g/mol. The standard InChI is InChI=1S/C18H25N3/c1-3-13-19-17(16-10-14-21(2)20-16)18(11-7-12-18)15-8-5-4-6-9-15/h4-6,8-10,14,17,19H,3,7,11-13H2,1-2H3. The Morgan fingerprint density at radius 1 is 1.24 bits per heavy atom. The first kappa shape index (κ1) is 14.3. The second-order valence-corrected chi connectivity index (χ2v) is 6.18. The zero-order chi connectivity index (χ0) is 14.7. The fourth-order valence-electron chi connectivity index (χ4n) is 3.53. The molecule has 1 atom stereocenters. The van der Waals surface area contributed by atoms with Crippen molar-refractivity contribution in [2.24, 2.45) is 7.05 Å². The average Bonchev–Trinajstić information content (AvgIpc) is 2.89. The van der Waals surface area contributed by atoms with Crippen molar-refractivity contribution in [3.63, 3.8) is 0 Å². The van der Waals surface area contributed by atoms with E-state index in [2.05, 4.69) is 48.6 Å². The first-order valence-corrected chi connectivity index (χ1v) is 8.05. The maximum atomic E-state index is 4.69. The van der Waals surface area contributed by atoms with Crippen molar-refractivity contribution >= 4 is 0 Å². The normalized spacial score (nSPS) is 18.2. The summed E-state index contributed by atoms with van der Waals surface area (Å²) in [7, 11) is 2.00. The molecule has 0 radical (unpaired) electrons. The molecule has 2 aromatic rings. The van der Waals surface area contributed by atoms with Crippen LogP contribution in [0.5, 0.6) is 0 Å². The molecule has 3 rings (SSSR count). The fraction of sp³-hybridized carbons (Fsp3) is 0.500. The number of hydrogen-bond acceptors (Lipinski definition) is 2. The van der Waals surface area contributed by atoms with E-state index in [1.807, 2.05) is 17.9 Å². The second-order valence-electron chi connectivity index (χ2n) is 6.18. The topological polar surface area (TPSA) is 29.9 Å². The molecule has 1 aromatic carbocycles. The van der Waals surface area contributed by atoms with Gasteiger partial charge >= 0.3 is 0 Å². The summed E-state index contributed by atoms with van der Waals surface area (Å²) in [6.45, 7) is 3.26. The van der Waals surface area contributed by atoms with Gasteiger partial charge in [0.05, 0.1) is 11.7 Å². The molecule has 112 valence electrons. The highest BCUT2D eigenvalue weighted by Gasteiger charge is 2.46. The first-order chi connectivity index (χ1) is 10.3. The van der Waals surface area contributed by atoms with Gasteiger partial charge in [0, 0.05) is 18.7 Å². The predicted molar refractivity (Wildman–Crippen MR) is 86.2 cm³/mol. The van der Waals surface area contributed by atoms with Crippen molar-refractivity contribution in [1.29, 1.82) is 0 Å². The Bertz CT molecular complexity index is 569. The molecule has 1 aliphatic carbocycles. The number of aromatic nitrogens is 2. The summed E-state index contributed by atoms with van der Waals surface area (Å²) in [4.78, 5) is 0. The summed E-state index contributed by atoms with van der Waals surface area (Å²) in [6, 6.07) is 13.5. The van der Waals surface area contributed by atoms with Crippen LogP contribution in [-0.4, -0.2) is 16.3 Å². The summed E-state index contributed by atoms with van der Waals surface area (Å²) in [5, 5.41) is 8.46. The molecule has 0 aliphatic heterocycles. The van der Waals surface area contributed by atoms with Gasteiger partial charge < -0.3 is 5.32 Å². The smallest absolute Gasteiger partial charge is 0.0802 e. The number of aryl methyl sites for hydroxylation is 1. The summed E-state index contributed by atoms with van der Waals surface area (Å²) in [5.74, 6) is 0. The summed E-state index contributed by atoms with van der Waals surface area (Å²) >= 11 is 0. The highest BCUT2D eigenvalue weighted by molar-refractivity contribution is 5.33. The van der Waals surface area contributed by atoms with Gasteiger partial charge in [-0.1, -0.05) is 43.7 Å². The van der Waals surface area contributed by atoms with E-state index in [4.69, 9.17) is 5.10 Å².